The van der Waals surface area contributed by atoms with Crippen molar-refractivity contribution in [3.05, 3.63) is 0 Å². The van der Waals surface area contributed by atoms with Crippen molar-refractivity contribution in [2.75, 3.05) is 19.3 Å². The summed E-state index contributed by atoms with van der Waals surface area (Å²) in [6.45, 7) is 1.41. The van der Waals surface area contributed by atoms with Gasteiger partial charge in [0.15, 0.2) is 0 Å². The summed E-state index contributed by atoms with van der Waals surface area (Å²) in [6, 6.07) is 0. The van der Waals surface area contributed by atoms with E-state index in [1.54, 1.807) is 0 Å². The number of hydrazone groups is 1. The highest BCUT2D eigenvalue weighted by Gasteiger charge is 2.63. The van der Waals surface area contributed by atoms with Crippen LogP contribution in [0.25, 0.3) is 0 Å². The number of halogens is 3. The first-order valence-corrected chi connectivity index (χ1v) is 8.83. The number of piperidine rings is 1. The molecular formula is C12H18F3N3O4S. The molecule has 2 heterocycles. The molecule has 132 valence electrons. The number of aliphatic hydroxyl groups is 1. The van der Waals surface area contributed by atoms with E-state index in [0.717, 1.165) is 6.26 Å². The van der Waals surface area contributed by atoms with Crippen molar-refractivity contribution in [3.63, 3.8) is 0 Å². The second-order valence-electron chi connectivity index (χ2n) is 5.91. The number of hydrogen-bond donors (Lipinski definition) is 1. The van der Waals surface area contributed by atoms with Crippen LogP contribution in [0.2, 0.25) is 0 Å². The van der Waals surface area contributed by atoms with E-state index in [1.807, 2.05) is 0 Å². The van der Waals surface area contributed by atoms with Gasteiger partial charge in [0, 0.05) is 31.1 Å². The van der Waals surface area contributed by atoms with Crippen LogP contribution >= 0.6 is 0 Å². The number of nitrogens with zero attached hydrogens (tertiary/aromatic N) is 3. The molecule has 2 rings (SSSR count). The van der Waals surface area contributed by atoms with E-state index in [2.05, 4.69) is 5.10 Å². The van der Waals surface area contributed by atoms with Crippen molar-refractivity contribution in [1.29, 1.82) is 0 Å². The first-order chi connectivity index (χ1) is 10.4. The largest absolute Gasteiger partial charge is 0.438 e. The van der Waals surface area contributed by atoms with Crippen molar-refractivity contribution in [3.8, 4) is 0 Å². The predicted octanol–water partition coefficient (Wildman–Crippen LogP) is 0.517. The fourth-order valence-electron chi connectivity index (χ4n) is 2.78. The Bertz CT molecular complexity index is 626. The SMILES string of the molecule is CC1=NN(C(=O)C2CCN(S(C)(=O)=O)CC2)[C@@](O)(C(F)(F)F)C1. The molecule has 1 saturated heterocycles. The Morgan fingerprint density at radius 1 is 1.35 bits per heavy atom. The first-order valence-electron chi connectivity index (χ1n) is 6.98. The minimum atomic E-state index is -5.03. The van der Waals surface area contributed by atoms with Crippen LogP contribution in [-0.2, 0) is 14.8 Å². The average Bonchev–Trinajstić information content (AvgIpc) is 2.73. The predicted molar refractivity (Wildman–Crippen MR) is 74.7 cm³/mol. The third-order valence-corrected chi connectivity index (χ3v) is 5.36. The summed E-state index contributed by atoms with van der Waals surface area (Å²) >= 11 is 0. The lowest BCUT2D eigenvalue weighted by Gasteiger charge is -2.36. The Labute approximate surface area is 131 Å². The summed E-state index contributed by atoms with van der Waals surface area (Å²) < 4.78 is 63.3. The Kier molecular flexibility index (Phi) is 4.50. The van der Waals surface area contributed by atoms with E-state index in [0.29, 0.717) is 0 Å². The number of carbonyl (C=O) groups excluding carboxylic acids is 1. The third-order valence-electron chi connectivity index (χ3n) is 4.06. The highest BCUT2D eigenvalue weighted by molar-refractivity contribution is 7.88. The molecule has 0 radical (unpaired) electrons. The van der Waals surface area contributed by atoms with Gasteiger partial charge in [0.2, 0.25) is 15.9 Å². The van der Waals surface area contributed by atoms with E-state index in [4.69, 9.17) is 0 Å². The summed E-state index contributed by atoms with van der Waals surface area (Å²) in [5.41, 5.74) is -3.32. The molecule has 1 atom stereocenters. The summed E-state index contributed by atoms with van der Waals surface area (Å²) in [5, 5.41) is 13.6. The maximum atomic E-state index is 13.1. The van der Waals surface area contributed by atoms with Gasteiger partial charge < -0.3 is 5.11 Å². The van der Waals surface area contributed by atoms with Gasteiger partial charge in [-0.25, -0.2) is 12.7 Å². The number of rotatable bonds is 2. The third kappa shape index (κ3) is 3.36. The van der Waals surface area contributed by atoms with Crippen molar-refractivity contribution < 1.29 is 31.5 Å². The standard InChI is InChI=1S/C12H18F3N3O4S/c1-8-7-11(20,12(13,14)15)18(16-8)10(19)9-3-5-17(6-4-9)23(2,21)22/h9,20H,3-7H2,1-2H3/t11-/m0/s1. The fraction of sp³-hybridized carbons (Fsp3) is 0.833. The van der Waals surface area contributed by atoms with Crippen LogP contribution in [0.3, 0.4) is 0 Å². The molecule has 1 N–H and O–H groups in total. The van der Waals surface area contributed by atoms with Gasteiger partial charge in [0.25, 0.3) is 5.72 Å². The minimum Gasteiger partial charge on any atom is -0.362 e. The number of carbonyl (C=O) groups is 1. The molecule has 0 aliphatic carbocycles. The fourth-order valence-corrected chi connectivity index (χ4v) is 3.65. The molecule has 0 saturated carbocycles. The molecular weight excluding hydrogens is 339 g/mol. The van der Waals surface area contributed by atoms with Gasteiger partial charge >= 0.3 is 6.18 Å². The molecule has 0 aromatic heterocycles. The second kappa shape index (κ2) is 5.71. The topological polar surface area (TPSA) is 90.3 Å². The maximum absolute atomic E-state index is 13.1. The van der Waals surface area contributed by atoms with Gasteiger partial charge in [-0.2, -0.15) is 23.3 Å². The quantitative estimate of drug-likeness (QED) is 0.780. The Balaban J connectivity index is 2.14. The van der Waals surface area contributed by atoms with Crippen LogP contribution in [0.5, 0.6) is 0 Å². The van der Waals surface area contributed by atoms with E-state index < -0.39 is 40.2 Å². The summed E-state index contributed by atoms with van der Waals surface area (Å²) in [6.07, 6.45) is -4.61. The van der Waals surface area contributed by atoms with Gasteiger partial charge in [0.1, 0.15) is 0 Å². The first kappa shape index (κ1) is 18.1. The average molecular weight is 357 g/mol. The van der Waals surface area contributed by atoms with Crippen molar-refractivity contribution in [2.45, 2.75) is 38.1 Å². The molecule has 2 aliphatic heterocycles. The lowest BCUT2D eigenvalue weighted by molar-refractivity contribution is -0.303. The molecule has 1 fully saturated rings. The summed E-state index contributed by atoms with van der Waals surface area (Å²) in [7, 11) is -3.40. The number of sulfonamides is 1. The van der Waals surface area contributed by atoms with E-state index in [1.165, 1.54) is 11.2 Å². The van der Waals surface area contributed by atoms with Gasteiger partial charge in [-0.1, -0.05) is 0 Å². The Morgan fingerprint density at radius 2 is 1.87 bits per heavy atom. The number of hydrogen-bond acceptors (Lipinski definition) is 5. The number of alkyl halides is 3. The van der Waals surface area contributed by atoms with Crippen molar-refractivity contribution in [2.24, 2.45) is 11.0 Å². The molecule has 1 amide bonds. The van der Waals surface area contributed by atoms with Crippen LogP contribution in [0.4, 0.5) is 13.2 Å². The summed E-state index contributed by atoms with van der Waals surface area (Å²) in [5.74, 6) is -1.74. The van der Waals surface area contributed by atoms with E-state index in [9.17, 15) is 31.5 Å². The maximum Gasteiger partial charge on any atom is 0.438 e. The van der Waals surface area contributed by atoms with E-state index >= 15 is 0 Å². The van der Waals surface area contributed by atoms with Gasteiger partial charge in [-0.05, 0) is 19.8 Å². The lowest BCUT2D eigenvalue weighted by Crippen LogP contribution is -2.58. The van der Waals surface area contributed by atoms with Crippen molar-refractivity contribution in [1.82, 2.24) is 9.31 Å². The van der Waals surface area contributed by atoms with Crippen LogP contribution < -0.4 is 0 Å². The second-order valence-corrected chi connectivity index (χ2v) is 7.90. The van der Waals surface area contributed by atoms with Gasteiger partial charge in [-0.3, -0.25) is 4.79 Å². The molecule has 0 unspecified atom stereocenters. The normalized spacial score (nSPS) is 28.1. The highest BCUT2D eigenvalue weighted by Crippen LogP contribution is 2.41. The summed E-state index contributed by atoms with van der Waals surface area (Å²) in [4.78, 5) is 12.4. The Morgan fingerprint density at radius 3 is 2.30 bits per heavy atom. The minimum absolute atomic E-state index is 0.00625. The molecule has 0 spiro atoms. The lowest BCUT2D eigenvalue weighted by atomic mass is 9.95. The van der Waals surface area contributed by atoms with Crippen LogP contribution in [-0.4, -0.2) is 65.7 Å². The van der Waals surface area contributed by atoms with Crippen LogP contribution in [0.1, 0.15) is 26.2 Å². The molecule has 2 aliphatic rings. The zero-order valence-electron chi connectivity index (χ0n) is 12.7. The molecule has 0 aromatic carbocycles. The van der Waals surface area contributed by atoms with Crippen LogP contribution in [0, 0.1) is 5.92 Å². The molecule has 11 heteroatoms. The highest BCUT2D eigenvalue weighted by atomic mass is 32.2. The molecule has 0 bridgehead atoms. The number of amides is 1. The van der Waals surface area contributed by atoms with Crippen LogP contribution in [0.15, 0.2) is 5.10 Å². The van der Waals surface area contributed by atoms with Crippen molar-refractivity contribution >= 4 is 21.6 Å². The smallest absolute Gasteiger partial charge is 0.362 e. The molecule has 23 heavy (non-hydrogen) atoms. The molecule has 0 aromatic rings. The molecule has 7 nitrogen and oxygen atoms in total. The Hall–Kier alpha value is -1.20. The van der Waals surface area contributed by atoms with E-state index in [-0.39, 0.29) is 36.7 Å². The zero-order valence-corrected chi connectivity index (χ0v) is 13.5. The zero-order chi connectivity index (χ0) is 17.6. The van der Waals surface area contributed by atoms with Gasteiger partial charge in [-0.15, -0.1) is 0 Å². The van der Waals surface area contributed by atoms with Gasteiger partial charge in [0.05, 0.1) is 6.26 Å². The monoisotopic (exact) mass is 357 g/mol.